The molecule has 0 radical (unpaired) electrons. The number of hydrogen-bond donors (Lipinski definition) is 1. The molecule has 0 saturated carbocycles. The lowest BCUT2D eigenvalue weighted by Crippen LogP contribution is -2.31. The fourth-order valence-electron chi connectivity index (χ4n) is 1.42. The molecule has 0 heterocycles. The van der Waals surface area contributed by atoms with Gasteiger partial charge in [-0.2, -0.15) is 0 Å². The van der Waals surface area contributed by atoms with Crippen LogP contribution in [0.5, 0.6) is 0 Å². The van der Waals surface area contributed by atoms with Crippen LogP contribution in [0.2, 0.25) is 0 Å². The zero-order valence-electron chi connectivity index (χ0n) is 7.68. The molecule has 0 fully saturated rings. The van der Waals surface area contributed by atoms with E-state index < -0.39 is 0 Å². The van der Waals surface area contributed by atoms with Crippen molar-refractivity contribution in [2.75, 3.05) is 6.54 Å². The van der Waals surface area contributed by atoms with Gasteiger partial charge in [-0.3, -0.25) is 4.79 Å². The van der Waals surface area contributed by atoms with Crippen LogP contribution in [0.4, 0.5) is 0 Å². The molecule has 2 nitrogen and oxygen atoms in total. The molecule has 1 N–H and O–H groups in total. The molecule has 0 aromatic heterocycles. The molecule has 0 aromatic rings. The minimum Gasteiger partial charge on any atom is -0.356 e. The van der Waals surface area contributed by atoms with Crippen molar-refractivity contribution in [3.8, 4) is 0 Å². The third-order valence-corrected chi connectivity index (χ3v) is 2.19. The van der Waals surface area contributed by atoms with Gasteiger partial charge in [0.05, 0.1) is 0 Å². The van der Waals surface area contributed by atoms with E-state index in [4.69, 9.17) is 0 Å². The van der Waals surface area contributed by atoms with Gasteiger partial charge in [0, 0.05) is 12.5 Å². The molecule has 1 rings (SSSR count). The van der Waals surface area contributed by atoms with Crippen LogP contribution in [0, 0.1) is 5.92 Å². The summed E-state index contributed by atoms with van der Waals surface area (Å²) in [7, 11) is 0. The Kier molecular flexibility index (Phi) is 3.85. The van der Waals surface area contributed by atoms with Gasteiger partial charge in [0.25, 0.3) is 0 Å². The van der Waals surface area contributed by atoms with Gasteiger partial charge < -0.3 is 5.32 Å². The van der Waals surface area contributed by atoms with Gasteiger partial charge in [0.2, 0.25) is 5.91 Å². The van der Waals surface area contributed by atoms with E-state index in [1.54, 1.807) is 0 Å². The molecule has 0 saturated heterocycles. The van der Waals surface area contributed by atoms with Crippen molar-refractivity contribution in [3.05, 3.63) is 12.2 Å². The normalized spacial score (nSPS) is 22.2. The van der Waals surface area contributed by atoms with E-state index in [0.29, 0.717) is 0 Å². The molecule has 0 aromatic carbocycles. The Morgan fingerprint density at radius 2 is 2.42 bits per heavy atom. The second-order valence-electron chi connectivity index (χ2n) is 3.27. The standard InChI is InChI=1S/C10H17NO/c1-2-8-11-10(12)9-6-4-3-5-7-9/h3-4,9H,2,5-8H2,1H3,(H,11,12)/t9-/m1/s1. The van der Waals surface area contributed by atoms with Gasteiger partial charge in [-0.05, 0) is 25.7 Å². The first-order valence-corrected chi connectivity index (χ1v) is 4.77. The molecule has 0 spiro atoms. The summed E-state index contributed by atoms with van der Waals surface area (Å²) in [5, 5.41) is 2.93. The third kappa shape index (κ3) is 2.68. The fourth-order valence-corrected chi connectivity index (χ4v) is 1.42. The first-order chi connectivity index (χ1) is 5.84. The molecule has 1 amide bonds. The second kappa shape index (κ2) is 4.96. The van der Waals surface area contributed by atoms with Crippen LogP contribution in [-0.2, 0) is 4.79 Å². The van der Waals surface area contributed by atoms with E-state index >= 15 is 0 Å². The van der Waals surface area contributed by atoms with Crippen molar-refractivity contribution >= 4 is 5.91 Å². The second-order valence-corrected chi connectivity index (χ2v) is 3.27. The number of hydrogen-bond acceptors (Lipinski definition) is 1. The van der Waals surface area contributed by atoms with Crippen molar-refractivity contribution in [1.29, 1.82) is 0 Å². The number of carbonyl (C=O) groups excluding carboxylic acids is 1. The Morgan fingerprint density at radius 3 is 3.00 bits per heavy atom. The summed E-state index contributed by atoms with van der Waals surface area (Å²) in [6, 6.07) is 0. The van der Waals surface area contributed by atoms with Gasteiger partial charge >= 0.3 is 0 Å². The Bertz CT molecular complexity index is 175. The summed E-state index contributed by atoms with van der Waals surface area (Å²) in [4.78, 5) is 11.4. The summed E-state index contributed by atoms with van der Waals surface area (Å²) >= 11 is 0. The van der Waals surface area contributed by atoms with Crippen molar-refractivity contribution in [2.45, 2.75) is 32.6 Å². The Morgan fingerprint density at radius 1 is 1.58 bits per heavy atom. The highest BCUT2D eigenvalue weighted by Gasteiger charge is 2.17. The molecule has 0 aliphatic heterocycles. The molecule has 1 aliphatic rings. The van der Waals surface area contributed by atoms with Crippen LogP contribution in [0.15, 0.2) is 12.2 Å². The van der Waals surface area contributed by atoms with E-state index in [2.05, 4.69) is 24.4 Å². The largest absolute Gasteiger partial charge is 0.356 e. The summed E-state index contributed by atoms with van der Waals surface area (Å²) in [5.41, 5.74) is 0. The quantitative estimate of drug-likeness (QED) is 0.639. The highest BCUT2D eigenvalue weighted by Crippen LogP contribution is 2.17. The number of carbonyl (C=O) groups is 1. The number of amides is 1. The average Bonchev–Trinajstić information content (AvgIpc) is 2.15. The summed E-state index contributed by atoms with van der Waals surface area (Å²) < 4.78 is 0. The molecule has 2 heteroatoms. The van der Waals surface area contributed by atoms with Crippen LogP contribution in [-0.4, -0.2) is 12.5 Å². The first-order valence-electron chi connectivity index (χ1n) is 4.77. The predicted octanol–water partition coefficient (Wildman–Crippen LogP) is 1.87. The Hall–Kier alpha value is -0.790. The average molecular weight is 167 g/mol. The first kappa shape index (κ1) is 9.30. The van der Waals surface area contributed by atoms with Crippen molar-refractivity contribution < 1.29 is 4.79 Å². The van der Waals surface area contributed by atoms with Crippen molar-refractivity contribution in [3.63, 3.8) is 0 Å². The highest BCUT2D eigenvalue weighted by atomic mass is 16.1. The number of nitrogens with one attached hydrogen (secondary N) is 1. The smallest absolute Gasteiger partial charge is 0.223 e. The van der Waals surface area contributed by atoms with Crippen LogP contribution in [0.1, 0.15) is 32.6 Å². The van der Waals surface area contributed by atoms with Crippen molar-refractivity contribution in [1.82, 2.24) is 5.32 Å². The van der Waals surface area contributed by atoms with E-state index in [1.807, 2.05) is 0 Å². The number of allylic oxidation sites excluding steroid dienone is 2. The predicted molar refractivity (Wildman–Crippen MR) is 49.8 cm³/mol. The topological polar surface area (TPSA) is 29.1 Å². The Balaban J connectivity index is 2.26. The maximum atomic E-state index is 11.4. The fraction of sp³-hybridized carbons (Fsp3) is 0.700. The van der Waals surface area contributed by atoms with Gasteiger partial charge in [0.15, 0.2) is 0 Å². The number of rotatable bonds is 3. The third-order valence-electron chi connectivity index (χ3n) is 2.19. The maximum absolute atomic E-state index is 11.4. The van der Waals surface area contributed by atoms with Gasteiger partial charge in [-0.25, -0.2) is 0 Å². The summed E-state index contributed by atoms with van der Waals surface area (Å²) in [6.45, 7) is 2.89. The monoisotopic (exact) mass is 167 g/mol. The van der Waals surface area contributed by atoms with E-state index in [-0.39, 0.29) is 11.8 Å². The zero-order chi connectivity index (χ0) is 8.81. The van der Waals surface area contributed by atoms with Crippen LogP contribution < -0.4 is 5.32 Å². The van der Waals surface area contributed by atoms with Crippen LogP contribution in [0.25, 0.3) is 0 Å². The summed E-state index contributed by atoms with van der Waals surface area (Å²) in [6.07, 6.45) is 8.30. The molecule has 1 atom stereocenters. The van der Waals surface area contributed by atoms with E-state index in [0.717, 1.165) is 32.2 Å². The van der Waals surface area contributed by atoms with E-state index in [1.165, 1.54) is 0 Å². The van der Waals surface area contributed by atoms with Crippen molar-refractivity contribution in [2.24, 2.45) is 5.92 Å². The molecule has 0 bridgehead atoms. The van der Waals surface area contributed by atoms with Crippen LogP contribution >= 0.6 is 0 Å². The zero-order valence-corrected chi connectivity index (χ0v) is 7.68. The minimum absolute atomic E-state index is 0.237. The molecule has 68 valence electrons. The molecular weight excluding hydrogens is 150 g/mol. The lowest BCUT2D eigenvalue weighted by molar-refractivity contribution is -0.125. The van der Waals surface area contributed by atoms with Gasteiger partial charge in [0.1, 0.15) is 0 Å². The SMILES string of the molecule is CCCNC(=O)[C@@H]1CC=CCC1. The van der Waals surface area contributed by atoms with Gasteiger partial charge in [-0.15, -0.1) is 0 Å². The summed E-state index contributed by atoms with van der Waals surface area (Å²) in [5.74, 6) is 0.475. The van der Waals surface area contributed by atoms with Gasteiger partial charge in [-0.1, -0.05) is 19.1 Å². The van der Waals surface area contributed by atoms with Crippen LogP contribution in [0.3, 0.4) is 0 Å². The molecular formula is C10H17NO. The molecule has 1 aliphatic carbocycles. The van der Waals surface area contributed by atoms with E-state index in [9.17, 15) is 4.79 Å². The Labute approximate surface area is 74.0 Å². The highest BCUT2D eigenvalue weighted by molar-refractivity contribution is 5.78. The lowest BCUT2D eigenvalue weighted by Gasteiger charge is -2.16. The lowest BCUT2D eigenvalue weighted by atomic mass is 9.94. The molecule has 12 heavy (non-hydrogen) atoms. The molecule has 0 unspecified atom stereocenters. The maximum Gasteiger partial charge on any atom is 0.223 e. The minimum atomic E-state index is 0.237.